The Morgan fingerprint density at radius 1 is 1.06 bits per heavy atom. The number of nitrogens with zero attached hydrogens (tertiary/aromatic N) is 2. The molecule has 1 aliphatic carbocycles. The molecule has 2 aromatic carbocycles. The van der Waals surface area contributed by atoms with Gasteiger partial charge >= 0.3 is 0 Å². The Morgan fingerprint density at radius 3 is 2.48 bits per heavy atom. The summed E-state index contributed by atoms with van der Waals surface area (Å²) in [7, 11) is 1.81. The van der Waals surface area contributed by atoms with Crippen molar-refractivity contribution in [2.75, 3.05) is 17.3 Å². The van der Waals surface area contributed by atoms with Crippen molar-refractivity contribution >= 4 is 52.3 Å². The maximum absolute atomic E-state index is 13.5. The zero-order valence-corrected chi connectivity index (χ0v) is 19.4. The quantitative estimate of drug-likeness (QED) is 0.577. The summed E-state index contributed by atoms with van der Waals surface area (Å²) in [4.78, 5) is 41.2. The summed E-state index contributed by atoms with van der Waals surface area (Å²) in [5.41, 5.74) is 0.867. The largest absolute Gasteiger partial charge is 0.350 e. The fourth-order valence-electron chi connectivity index (χ4n) is 4.18. The molecular formula is C24H22Cl2FN3O3. The topological polar surface area (TPSA) is 69.7 Å². The number of halogens is 3. The van der Waals surface area contributed by atoms with Crippen LogP contribution in [0.5, 0.6) is 0 Å². The number of hydrogen-bond acceptors (Lipinski definition) is 4. The monoisotopic (exact) mass is 489 g/mol. The van der Waals surface area contributed by atoms with E-state index in [1.165, 1.54) is 18.6 Å². The van der Waals surface area contributed by atoms with E-state index in [4.69, 9.17) is 23.2 Å². The molecular weight excluding hydrogens is 468 g/mol. The second kappa shape index (κ2) is 9.53. The number of carbonyl (C=O) groups is 3. The highest BCUT2D eigenvalue weighted by molar-refractivity contribution is 6.53. The lowest BCUT2D eigenvalue weighted by atomic mass is 9.94. The molecule has 2 aromatic rings. The number of nitrogens with one attached hydrogen (secondary N) is 1. The van der Waals surface area contributed by atoms with E-state index in [9.17, 15) is 18.8 Å². The van der Waals surface area contributed by atoms with Crippen LogP contribution < -0.4 is 10.2 Å². The Bertz CT molecular complexity index is 1160. The SMILES string of the molecule is CN(C(=O)c1cccc(NC2=C(Cl)C(=O)N(c3ccc(F)c(Cl)c3)C2=O)c1)C1CCCCC1. The molecule has 0 unspecified atom stereocenters. The van der Waals surface area contributed by atoms with Crippen molar-refractivity contribution < 1.29 is 18.8 Å². The van der Waals surface area contributed by atoms with Crippen LogP contribution in [-0.4, -0.2) is 35.7 Å². The minimum absolute atomic E-state index is 0.101. The smallest absolute Gasteiger partial charge is 0.283 e. The number of amides is 3. The zero-order valence-electron chi connectivity index (χ0n) is 17.9. The second-order valence-electron chi connectivity index (χ2n) is 8.15. The van der Waals surface area contributed by atoms with E-state index in [2.05, 4.69) is 5.32 Å². The van der Waals surface area contributed by atoms with Gasteiger partial charge in [-0.15, -0.1) is 0 Å². The van der Waals surface area contributed by atoms with Crippen LogP contribution >= 0.6 is 23.2 Å². The van der Waals surface area contributed by atoms with E-state index >= 15 is 0 Å². The van der Waals surface area contributed by atoms with Crippen molar-refractivity contribution in [3.63, 3.8) is 0 Å². The minimum Gasteiger partial charge on any atom is -0.350 e. The Kier molecular flexibility index (Phi) is 6.72. The first kappa shape index (κ1) is 23.3. The lowest BCUT2D eigenvalue weighted by Gasteiger charge is -2.31. The Morgan fingerprint density at radius 2 is 1.79 bits per heavy atom. The first-order chi connectivity index (χ1) is 15.8. The predicted octanol–water partition coefficient (Wildman–Crippen LogP) is 5.32. The van der Waals surface area contributed by atoms with Gasteiger partial charge in [-0.3, -0.25) is 14.4 Å². The average molecular weight is 490 g/mol. The van der Waals surface area contributed by atoms with Gasteiger partial charge in [-0.25, -0.2) is 9.29 Å². The maximum atomic E-state index is 13.5. The molecule has 0 bridgehead atoms. The molecule has 0 aromatic heterocycles. The average Bonchev–Trinajstić information content (AvgIpc) is 3.04. The number of benzene rings is 2. The van der Waals surface area contributed by atoms with Gasteiger partial charge in [-0.1, -0.05) is 48.5 Å². The Hall–Kier alpha value is -2.90. The van der Waals surface area contributed by atoms with Crippen molar-refractivity contribution in [1.82, 2.24) is 4.90 Å². The molecule has 3 amide bonds. The van der Waals surface area contributed by atoms with Crippen molar-refractivity contribution in [1.29, 1.82) is 0 Å². The number of rotatable bonds is 5. The van der Waals surface area contributed by atoms with Gasteiger partial charge in [-0.05, 0) is 49.2 Å². The fraction of sp³-hybridized carbons (Fsp3) is 0.292. The van der Waals surface area contributed by atoms with Gasteiger partial charge in [0.1, 0.15) is 16.5 Å². The zero-order chi connectivity index (χ0) is 23.7. The van der Waals surface area contributed by atoms with Gasteiger partial charge in [0.05, 0.1) is 10.7 Å². The molecule has 172 valence electrons. The van der Waals surface area contributed by atoms with E-state index in [1.807, 2.05) is 7.05 Å². The van der Waals surface area contributed by atoms with Gasteiger partial charge in [0.25, 0.3) is 17.7 Å². The number of anilines is 2. The summed E-state index contributed by atoms with van der Waals surface area (Å²) in [5, 5.41) is 2.34. The van der Waals surface area contributed by atoms with Crippen LogP contribution in [0, 0.1) is 5.82 Å². The van der Waals surface area contributed by atoms with Gasteiger partial charge in [0.15, 0.2) is 0 Å². The normalized spacial score (nSPS) is 17.0. The van der Waals surface area contributed by atoms with Gasteiger partial charge < -0.3 is 10.2 Å². The Balaban J connectivity index is 1.54. The molecule has 6 nitrogen and oxygen atoms in total. The van der Waals surface area contributed by atoms with Crippen LogP contribution in [0.25, 0.3) is 0 Å². The van der Waals surface area contributed by atoms with Crippen LogP contribution in [0.15, 0.2) is 53.2 Å². The molecule has 0 atom stereocenters. The highest BCUT2D eigenvalue weighted by atomic mass is 35.5. The summed E-state index contributed by atoms with van der Waals surface area (Å²) in [6.07, 6.45) is 5.40. The summed E-state index contributed by atoms with van der Waals surface area (Å²) in [5.74, 6) is -2.24. The van der Waals surface area contributed by atoms with Crippen molar-refractivity contribution in [3.05, 3.63) is 69.6 Å². The first-order valence-corrected chi connectivity index (χ1v) is 11.4. The molecule has 1 aliphatic heterocycles. The van der Waals surface area contributed by atoms with E-state index in [-0.39, 0.29) is 33.4 Å². The lowest BCUT2D eigenvalue weighted by molar-refractivity contribution is -0.120. The van der Waals surface area contributed by atoms with Crippen LogP contribution in [0.1, 0.15) is 42.5 Å². The molecule has 1 fully saturated rings. The van der Waals surface area contributed by atoms with Crippen LogP contribution in [0.3, 0.4) is 0 Å². The molecule has 4 rings (SSSR count). The summed E-state index contributed by atoms with van der Waals surface area (Å²) < 4.78 is 13.5. The third-order valence-electron chi connectivity index (χ3n) is 6.01. The molecule has 0 spiro atoms. The minimum atomic E-state index is -0.754. The summed E-state index contributed by atoms with van der Waals surface area (Å²) in [6, 6.07) is 10.4. The van der Waals surface area contributed by atoms with Crippen molar-refractivity contribution in [2.24, 2.45) is 0 Å². The highest BCUT2D eigenvalue weighted by Crippen LogP contribution is 2.32. The standard InChI is InChI=1S/C24H22Cl2FN3O3/c1-29(16-8-3-2-4-9-16)22(31)14-6-5-7-15(12-14)28-21-20(26)23(32)30(24(21)33)17-10-11-19(27)18(25)13-17/h5-7,10-13,16,28H,2-4,8-9H2,1H3. The molecule has 0 radical (unpaired) electrons. The maximum Gasteiger partial charge on any atom is 0.283 e. The third kappa shape index (κ3) is 4.61. The summed E-state index contributed by atoms with van der Waals surface area (Å²) >= 11 is 12.0. The van der Waals surface area contributed by atoms with Gasteiger partial charge in [0.2, 0.25) is 0 Å². The fourth-order valence-corrected chi connectivity index (χ4v) is 4.57. The van der Waals surface area contributed by atoms with Gasteiger partial charge in [0, 0.05) is 24.3 Å². The van der Waals surface area contributed by atoms with Crippen molar-refractivity contribution in [2.45, 2.75) is 38.1 Å². The number of carbonyl (C=O) groups excluding carboxylic acids is 3. The summed E-state index contributed by atoms with van der Waals surface area (Å²) in [6.45, 7) is 0. The Labute approximate surface area is 200 Å². The van der Waals surface area contributed by atoms with Crippen LogP contribution in [-0.2, 0) is 9.59 Å². The van der Waals surface area contributed by atoms with Crippen LogP contribution in [0.4, 0.5) is 15.8 Å². The van der Waals surface area contributed by atoms with E-state index in [0.717, 1.165) is 36.6 Å². The van der Waals surface area contributed by atoms with Gasteiger partial charge in [-0.2, -0.15) is 0 Å². The van der Waals surface area contributed by atoms with Crippen LogP contribution in [0.2, 0.25) is 5.02 Å². The predicted molar refractivity (Wildman–Crippen MR) is 126 cm³/mol. The third-order valence-corrected chi connectivity index (χ3v) is 6.65. The molecule has 2 aliphatic rings. The molecule has 33 heavy (non-hydrogen) atoms. The number of hydrogen-bond donors (Lipinski definition) is 1. The molecule has 1 saturated carbocycles. The molecule has 1 N–H and O–H groups in total. The molecule has 0 saturated heterocycles. The second-order valence-corrected chi connectivity index (χ2v) is 8.93. The van der Waals surface area contributed by atoms with E-state index in [1.54, 1.807) is 29.2 Å². The first-order valence-electron chi connectivity index (χ1n) is 10.7. The highest BCUT2D eigenvalue weighted by Gasteiger charge is 2.39. The number of imide groups is 1. The van der Waals surface area contributed by atoms with Crippen molar-refractivity contribution in [3.8, 4) is 0 Å². The lowest BCUT2D eigenvalue weighted by Crippen LogP contribution is -2.38. The molecule has 1 heterocycles. The van der Waals surface area contributed by atoms with E-state index < -0.39 is 17.6 Å². The van der Waals surface area contributed by atoms with E-state index in [0.29, 0.717) is 11.3 Å². The molecule has 9 heteroatoms.